The van der Waals surface area contributed by atoms with Crippen molar-refractivity contribution in [3.63, 3.8) is 0 Å². The Hall–Kier alpha value is -1.75. The predicted octanol–water partition coefficient (Wildman–Crippen LogP) is 1.23. The third-order valence-corrected chi connectivity index (χ3v) is 1.71. The zero-order valence-electron chi connectivity index (χ0n) is 7.00. The third kappa shape index (κ3) is 2.63. The van der Waals surface area contributed by atoms with E-state index >= 15 is 0 Å². The minimum atomic E-state index is -1.36. The molecule has 1 N–H and O–H groups in total. The molecule has 5 nitrogen and oxygen atoms in total. The van der Waals surface area contributed by atoms with Crippen molar-refractivity contribution in [2.45, 2.75) is 0 Å². The van der Waals surface area contributed by atoms with E-state index in [4.69, 9.17) is 16.9 Å². The van der Waals surface area contributed by atoms with E-state index < -0.39 is 5.97 Å². The number of anilines is 1. The van der Waals surface area contributed by atoms with Gasteiger partial charge in [-0.3, -0.25) is 0 Å². The van der Waals surface area contributed by atoms with Gasteiger partial charge in [-0.25, -0.2) is 4.79 Å². The van der Waals surface area contributed by atoms with Crippen LogP contribution in [0.2, 0.25) is 0 Å². The molecule has 0 saturated carbocycles. The molecule has 0 spiro atoms. The summed E-state index contributed by atoms with van der Waals surface area (Å²) in [6, 6.07) is 8.27. The number of hydrogen-bond acceptors (Lipinski definition) is 3. The molecule has 0 unspecified atom stereocenters. The lowest BCUT2D eigenvalue weighted by Crippen LogP contribution is -2.24. The SMILES string of the molecule is O=C(O)/C=[N+](\[O-])N(Cl)c1ccccc1. The van der Waals surface area contributed by atoms with Crippen LogP contribution in [-0.2, 0) is 4.79 Å². The number of aliphatic carboxylic acids is 1. The molecular weight excluding hydrogens is 208 g/mol. The Kier molecular flexibility index (Phi) is 3.30. The van der Waals surface area contributed by atoms with Gasteiger partial charge in [0, 0.05) is 0 Å². The van der Waals surface area contributed by atoms with Crippen LogP contribution in [0.5, 0.6) is 0 Å². The third-order valence-electron chi connectivity index (χ3n) is 1.36. The van der Waals surface area contributed by atoms with Crippen LogP contribution < -0.4 is 4.53 Å². The monoisotopic (exact) mass is 214 g/mol. The molecule has 0 aliphatic heterocycles. The van der Waals surface area contributed by atoms with Gasteiger partial charge in [-0.2, -0.15) is 0 Å². The van der Waals surface area contributed by atoms with Crippen LogP contribution in [0.25, 0.3) is 0 Å². The maximum Gasteiger partial charge on any atom is 0.397 e. The van der Waals surface area contributed by atoms with Crippen LogP contribution in [0.4, 0.5) is 5.69 Å². The van der Waals surface area contributed by atoms with E-state index in [9.17, 15) is 10.0 Å². The number of hydrazone groups is 1. The number of hydrazine groups is 1. The molecule has 0 atom stereocenters. The Morgan fingerprint density at radius 3 is 2.57 bits per heavy atom. The maximum absolute atomic E-state index is 11.0. The number of rotatable bonds is 3. The van der Waals surface area contributed by atoms with Gasteiger partial charge in [0.25, 0.3) is 6.21 Å². The van der Waals surface area contributed by atoms with Crippen molar-refractivity contribution < 1.29 is 14.7 Å². The minimum Gasteiger partial charge on any atom is -0.595 e. The average molecular weight is 215 g/mol. The molecule has 1 aromatic rings. The molecule has 0 aromatic heterocycles. The normalized spacial score (nSPS) is 11.1. The quantitative estimate of drug-likeness (QED) is 0.270. The topological polar surface area (TPSA) is 66.6 Å². The van der Waals surface area contributed by atoms with Crippen LogP contribution in [-0.4, -0.2) is 22.1 Å². The van der Waals surface area contributed by atoms with Crippen LogP contribution in [0.15, 0.2) is 30.3 Å². The standard InChI is InChI=1S/C8H7ClN2O3/c9-11(10(14)6-8(12)13)7-4-2-1-3-5-7/h1-6H,(H,12,13)/b10-6-. The van der Waals surface area contributed by atoms with Crippen molar-refractivity contribution >= 4 is 29.6 Å². The highest BCUT2D eigenvalue weighted by atomic mass is 35.5. The van der Waals surface area contributed by atoms with Gasteiger partial charge in [0.15, 0.2) is 0 Å². The summed E-state index contributed by atoms with van der Waals surface area (Å²) in [5.41, 5.74) is 0.390. The number of hydrogen-bond donors (Lipinski definition) is 1. The largest absolute Gasteiger partial charge is 0.595 e. The smallest absolute Gasteiger partial charge is 0.397 e. The van der Waals surface area contributed by atoms with Crippen LogP contribution >= 0.6 is 11.8 Å². The minimum absolute atomic E-state index is 0.0270. The Balaban J connectivity index is 2.86. The van der Waals surface area contributed by atoms with Gasteiger partial charge >= 0.3 is 5.97 Å². The molecule has 0 bridgehead atoms. The Morgan fingerprint density at radius 2 is 2.07 bits per heavy atom. The Morgan fingerprint density at radius 1 is 1.50 bits per heavy atom. The van der Waals surface area contributed by atoms with Crippen LogP contribution in [0.1, 0.15) is 0 Å². The highest BCUT2D eigenvalue weighted by molar-refractivity contribution is 6.25. The van der Waals surface area contributed by atoms with Crippen molar-refractivity contribution in [2.75, 3.05) is 4.53 Å². The number of halogens is 1. The first-order valence-corrected chi connectivity index (χ1v) is 4.00. The summed E-state index contributed by atoms with van der Waals surface area (Å²) in [4.78, 5) is 10.2. The Bertz CT molecular complexity index is 353. The summed E-state index contributed by atoms with van der Waals surface area (Å²) in [7, 11) is 0. The number of carbonyl (C=O) groups is 1. The second-order valence-electron chi connectivity index (χ2n) is 2.37. The molecule has 6 heteroatoms. The highest BCUT2D eigenvalue weighted by Crippen LogP contribution is 2.14. The molecule has 0 aliphatic rings. The lowest BCUT2D eigenvalue weighted by molar-refractivity contribution is -0.447. The molecule has 0 radical (unpaired) electrons. The van der Waals surface area contributed by atoms with Crippen molar-refractivity contribution in [3.05, 3.63) is 35.5 Å². The van der Waals surface area contributed by atoms with E-state index in [1.54, 1.807) is 30.3 Å². The van der Waals surface area contributed by atoms with E-state index in [-0.39, 0.29) is 4.85 Å². The number of para-hydroxylation sites is 1. The van der Waals surface area contributed by atoms with Crippen molar-refractivity contribution in [1.82, 2.24) is 0 Å². The second kappa shape index (κ2) is 4.48. The molecule has 1 rings (SSSR count). The van der Waals surface area contributed by atoms with Gasteiger partial charge in [-0.1, -0.05) is 23.0 Å². The van der Waals surface area contributed by atoms with Crippen LogP contribution in [0, 0.1) is 5.21 Å². The highest BCUT2D eigenvalue weighted by Gasteiger charge is 2.11. The molecular formula is C8H7ClN2O3. The van der Waals surface area contributed by atoms with E-state index in [2.05, 4.69) is 0 Å². The first-order chi connectivity index (χ1) is 6.61. The first-order valence-electron chi connectivity index (χ1n) is 3.66. The molecule has 0 aliphatic carbocycles. The average Bonchev–Trinajstić information content (AvgIpc) is 2.17. The summed E-state index contributed by atoms with van der Waals surface area (Å²) in [5.74, 6) is -1.36. The molecule has 74 valence electrons. The number of carboxylic acid groups (broad SMARTS) is 1. The molecule has 0 heterocycles. The van der Waals surface area contributed by atoms with Gasteiger partial charge < -0.3 is 10.3 Å². The molecule has 0 fully saturated rings. The Labute approximate surface area is 85.1 Å². The number of benzene rings is 1. The van der Waals surface area contributed by atoms with Gasteiger partial charge in [0.1, 0.15) is 5.69 Å². The van der Waals surface area contributed by atoms with Crippen molar-refractivity contribution in [2.24, 2.45) is 0 Å². The van der Waals surface area contributed by atoms with Gasteiger partial charge in [-0.15, -0.1) is 0 Å². The lowest BCUT2D eigenvalue weighted by atomic mass is 10.3. The number of carboxylic acids is 1. The molecule has 0 saturated heterocycles. The fourth-order valence-corrected chi connectivity index (χ4v) is 0.966. The summed E-state index contributed by atoms with van der Waals surface area (Å²) in [6.07, 6.45) is 0.417. The lowest BCUT2D eigenvalue weighted by Gasteiger charge is -2.11. The fourth-order valence-electron chi connectivity index (χ4n) is 0.810. The zero-order chi connectivity index (χ0) is 10.6. The summed E-state index contributed by atoms with van der Waals surface area (Å²) < 4.78 is 0.661. The van der Waals surface area contributed by atoms with E-state index in [0.717, 1.165) is 0 Å². The summed E-state index contributed by atoms with van der Waals surface area (Å²) in [5, 5.41) is 19.3. The predicted molar refractivity (Wildman–Crippen MR) is 52.1 cm³/mol. The summed E-state index contributed by atoms with van der Waals surface area (Å²) in [6.45, 7) is 0. The van der Waals surface area contributed by atoms with Crippen molar-refractivity contribution in [1.29, 1.82) is 0 Å². The molecule has 14 heavy (non-hydrogen) atoms. The van der Waals surface area contributed by atoms with E-state index in [0.29, 0.717) is 16.4 Å². The van der Waals surface area contributed by atoms with Crippen LogP contribution in [0.3, 0.4) is 0 Å². The van der Waals surface area contributed by atoms with Gasteiger partial charge in [-0.05, 0) is 16.7 Å². The summed E-state index contributed by atoms with van der Waals surface area (Å²) >= 11 is 5.55. The van der Waals surface area contributed by atoms with E-state index in [1.165, 1.54) is 0 Å². The first kappa shape index (κ1) is 10.3. The molecule has 0 amide bonds. The fraction of sp³-hybridized carbons (Fsp3) is 0. The molecule has 1 aromatic carbocycles. The second-order valence-corrected chi connectivity index (χ2v) is 2.69. The van der Waals surface area contributed by atoms with Crippen molar-refractivity contribution in [3.8, 4) is 0 Å². The van der Waals surface area contributed by atoms with Gasteiger partial charge in [0.05, 0.1) is 11.8 Å². The zero-order valence-corrected chi connectivity index (χ0v) is 7.76. The van der Waals surface area contributed by atoms with Gasteiger partial charge in [0.2, 0.25) is 0 Å². The number of nitrogens with zero attached hydrogens (tertiary/aromatic N) is 2. The van der Waals surface area contributed by atoms with E-state index in [1.807, 2.05) is 0 Å². The maximum atomic E-state index is 11.0.